The second kappa shape index (κ2) is 5.48. The summed E-state index contributed by atoms with van der Waals surface area (Å²) in [6.07, 6.45) is 0. The number of carboxylic acid groups (broad SMARTS) is 2. The molecular formula is C9H10O6. The minimum atomic E-state index is -1.22. The number of carbonyl (C=O) groups is 2. The van der Waals surface area contributed by atoms with Crippen LogP contribution < -0.4 is 0 Å². The molecule has 0 fully saturated rings. The summed E-state index contributed by atoms with van der Waals surface area (Å²) in [5.74, 6) is -2.65. The monoisotopic (exact) mass is 214 g/mol. The molecule has 0 saturated carbocycles. The first-order valence-corrected chi connectivity index (χ1v) is 3.79. The fraction of sp³-hybridized carbons (Fsp3) is 0.111. The van der Waals surface area contributed by atoms with Crippen LogP contribution in [0.1, 0.15) is 17.3 Å². The third kappa shape index (κ3) is 5.14. The molecule has 0 amide bonds. The van der Waals surface area contributed by atoms with Gasteiger partial charge in [0.1, 0.15) is 17.1 Å². The lowest BCUT2D eigenvalue weighted by Gasteiger charge is -1.97. The van der Waals surface area contributed by atoms with Crippen LogP contribution in [0.3, 0.4) is 0 Å². The van der Waals surface area contributed by atoms with E-state index in [9.17, 15) is 4.79 Å². The molecule has 6 nitrogen and oxygen atoms in total. The van der Waals surface area contributed by atoms with E-state index in [1.165, 1.54) is 6.07 Å². The highest BCUT2D eigenvalue weighted by Gasteiger charge is 2.08. The summed E-state index contributed by atoms with van der Waals surface area (Å²) in [4.78, 5) is 19.3. The Balaban J connectivity index is 0.000000423. The van der Waals surface area contributed by atoms with E-state index in [4.69, 9.17) is 25.2 Å². The van der Waals surface area contributed by atoms with Gasteiger partial charge in [0, 0.05) is 13.0 Å². The summed E-state index contributed by atoms with van der Waals surface area (Å²) < 4.78 is 0. The fourth-order valence-corrected chi connectivity index (χ4v) is 0.701. The van der Waals surface area contributed by atoms with E-state index in [0.29, 0.717) is 0 Å². The Kier molecular flexibility index (Phi) is 4.66. The molecule has 0 aliphatic rings. The Bertz CT molecular complexity index is 367. The molecule has 0 saturated heterocycles. The lowest BCUT2D eigenvalue weighted by atomic mass is 10.2. The highest BCUT2D eigenvalue weighted by molar-refractivity contribution is 5.90. The van der Waals surface area contributed by atoms with Crippen molar-refractivity contribution < 1.29 is 30.0 Å². The zero-order valence-electron chi connectivity index (χ0n) is 7.84. The summed E-state index contributed by atoms with van der Waals surface area (Å²) in [6.45, 7) is 1.08. The maximum absolute atomic E-state index is 10.3. The Morgan fingerprint density at radius 3 is 1.93 bits per heavy atom. The molecule has 0 atom stereocenters. The predicted octanol–water partition coefficient (Wildman–Crippen LogP) is 0.887. The van der Waals surface area contributed by atoms with Gasteiger partial charge in [0.15, 0.2) is 0 Å². The first-order valence-electron chi connectivity index (χ1n) is 3.79. The third-order valence-corrected chi connectivity index (χ3v) is 1.21. The second-order valence-electron chi connectivity index (χ2n) is 2.53. The van der Waals surface area contributed by atoms with Crippen LogP contribution in [-0.4, -0.2) is 32.4 Å². The van der Waals surface area contributed by atoms with Crippen molar-refractivity contribution in [2.75, 3.05) is 0 Å². The molecule has 15 heavy (non-hydrogen) atoms. The van der Waals surface area contributed by atoms with Gasteiger partial charge in [-0.1, -0.05) is 0 Å². The summed E-state index contributed by atoms with van der Waals surface area (Å²) in [6, 6.07) is 3.31. The maximum Gasteiger partial charge on any atom is 0.339 e. The molecule has 4 N–H and O–H groups in total. The molecule has 6 heteroatoms. The lowest BCUT2D eigenvalue weighted by Crippen LogP contribution is -1.95. The van der Waals surface area contributed by atoms with Crippen LogP contribution in [-0.2, 0) is 4.79 Å². The van der Waals surface area contributed by atoms with Crippen molar-refractivity contribution in [2.45, 2.75) is 6.92 Å². The molecule has 0 spiro atoms. The SMILES string of the molecule is CC(=O)O.O=C(O)c1ccc(O)cc1O. The van der Waals surface area contributed by atoms with Crippen molar-refractivity contribution in [3.8, 4) is 11.5 Å². The van der Waals surface area contributed by atoms with Gasteiger partial charge >= 0.3 is 5.97 Å². The Morgan fingerprint density at radius 1 is 1.13 bits per heavy atom. The molecule has 1 aromatic rings. The molecule has 0 aliphatic carbocycles. The van der Waals surface area contributed by atoms with E-state index in [-0.39, 0.29) is 11.3 Å². The number of aliphatic carboxylic acids is 1. The van der Waals surface area contributed by atoms with Crippen LogP contribution in [0.4, 0.5) is 0 Å². The predicted molar refractivity (Wildman–Crippen MR) is 50.0 cm³/mol. The van der Waals surface area contributed by atoms with Gasteiger partial charge in [-0.2, -0.15) is 0 Å². The number of hydrogen-bond acceptors (Lipinski definition) is 4. The molecule has 1 aromatic carbocycles. The Hall–Kier alpha value is -2.24. The van der Waals surface area contributed by atoms with Crippen molar-refractivity contribution in [2.24, 2.45) is 0 Å². The van der Waals surface area contributed by atoms with Crippen molar-refractivity contribution in [3.05, 3.63) is 23.8 Å². The fourth-order valence-electron chi connectivity index (χ4n) is 0.701. The van der Waals surface area contributed by atoms with E-state index in [0.717, 1.165) is 19.1 Å². The quantitative estimate of drug-likeness (QED) is 0.551. The Labute approximate surface area is 85.0 Å². The van der Waals surface area contributed by atoms with Gasteiger partial charge in [-0.3, -0.25) is 4.79 Å². The molecule has 0 aliphatic heterocycles. The van der Waals surface area contributed by atoms with Gasteiger partial charge in [-0.15, -0.1) is 0 Å². The molecule has 1 rings (SSSR count). The normalized spacial score (nSPS) is 8.60. The maximum atomic E-state index is 10.3. The number of benzene rings is 1. The molecule has 0 radical (unpaired) electrons. The van der Waals surface area contributed by atoms with Crippen LogP contribution >= 0.6 is 0 Å². The zero-order chi connectivity index (χ0) is 12.0. The van der Waals surface area contributed by atoms with Crippen LogP contribution in [0.5, 0.6) is 11.5 Å². The highest BCUT2D eigenvalue weighted by atomic mass is 16.4. The van der Waals surface area contributed by atoms with Crippen molar-refractivity contribution >= 4 is 11.9 Å². The van der Waals surface area contributed by atoms with Crippen LogP contribution in [0.15, 0.2) is 18.2 Å². The average molecular weight is 214 g/mol. The minimum Gasteiger partial charge on any atom is -0.508 e. The van der Waals surface area contributed by atoms with E-state index < -0.39 is 17.7 Å². The van der Waals surface area contributed by atoms with Gasteiger partial charge in [-0.25, -0.2) is 4.79 Å². The van der Waals surface area contributed by atoms with Gasteiger partial charge in [0.05, 0.1) is 0 Å². The summed E-state index contributed by atoms with van der Waals surface area (Å²) >= 11 is 0. The number of aromatic carboxylic acids is 1. The van der Waals surface area contributed by atoms with Gasteiger partial charge in [0.25, 0.3) is 5.97 Å². The summed E-state index contributed by atoms with van der Waals surface area (Å²) in [5, 5.41) is 33.5. The number of aromatic hydroxyl groups is 2. The van der Waals surface area contributed by atoms with Crippen LogP contribution in [0.25, 0.3) is 0 Å². The smallest absolute Gasteiger partial charge is 0.339 e. The Morgan fingerprint density at radius 2 is 1.60 bits per heavy atom. The lowest BCUT2D eigenvalue weighted by molar-refractivity contribution is -0.134. The largest absolute Gasteiger partial charge is 0.508 e. The van der Waals surface area contributed by atoms with E-state index in [2.05, 4.69) is 0 Å². The van der Waals surface area contributed by atoms with E-state index in [1.807, 2.05) is 0 Å². The van der Waals surface area contributed by atoms with E-state index in [1.54, 1.807) is 0 Å². The molecule has 82 valence electrons. The first kappa shape index (κ1) is 12.8. The van der Waals surface area contributed by atoms with E-state index >= 15 is 0 Å². The standard InChI is InChI=1S/C7H6O4.C2H4O2/c8-4-1-2-5(7(10)11)6(9)3-4;1-2(3)4/h1-3,8-9H,(H,10,11);1H3,(H,3,4). The van der Waals surface area contributed by atoms with Gasteiger partial charge in [0.2, 0.25) is 0 Å². The average Bonchev–Trinajstić information content (AvgIpc) is 2.01. The number of phenolic OH excluding ortho intramolecular Hbond substituents is 1. The molecule has 0 heterocycles. The van der Waals surface area contributed by atoms with Crippen molar-refractivity contribution in [1.29, 1.82) is 0 Å². The minimum absolute atomic E-state index is 0.160. The van der Waals surface area contributed by atoms with Crippen molar-refractivity contribution in [1.82, 2.24) is 0 Å². The molecule has 0 unspecified atom stereocenters. The van der Waals surface area contributed by atoms with Crippen molar-refractivity contribution in [3.63, 3.8) is 0 Å². The van der Waals surface area contributed by atoms with Gasteiger partial charge in [-0.05, 0) is 12.1 Å². The number of carboxylic acids is 2. The van der Waals surface area contributed by atoms with Gasteiger partial charge < -0.3 is 20.4 Å². The highest BCUT2D eigenvalue weighted by Crippen LogP contribution is 2.21. The third-order valence-electron chi connectivity index (χ3n) is 1.21. The molecular weight excluding hydrogens is 204 g/mol. The first-order chi connectivity index (χ1) is 6.84. The number of hydrogen-bond donors (Lipinski definition) is 4. The second-order valence-corrected chi connectivity index (χ2v) is 2.53. The number of rotatable bonds is 1. The molecule has 0 bridgehead atoms. The zero-order valence-corrected chi connectivity index (χ0v) is 7.84. The summed E-state index contributed by atoms with van der Waals surface area (Å²) in [5.41, 5.74) is -0.220. The van der Waals surface area contributed by atoms with Crippen LogP contribution in [0, 0.1) is 0 Å². The topological polar surface area (TPSA) is 115 Å². The van der Waals surface area contributed by atoms with Crippen LogP contribution in [0.2, 0.25) is 0 Å². The summed E-state index contributed by atoms with van der Waals surface area (Å²) in [7, 11) is 0. The molecule has 0 aromatic heterocycles. The number of phenols is 2.